The number of halogens is 1. The molecule has 0 saturated carbocycles. The van der Waals surface area contributed by atoms with E-state index in [4.69, 9.17) is 27.3 Å². The minimum Gasteiger partial charge on any atom is -0.486 e. The highest BCUT2D eigenvalue weighted by molar-refractivity contribution is 6.31. The van der Waals surface area contributed by atoms with E-state index in [0.29, 0.717) is 28.6 Å². The van der Waals surface area contributed by atoms with Crippen molar-refractivity contribution in [2.45, 2.75) is 33.4 Å². The SMILES string of the molecule is CCc1nn(CC)c(COc2ccc(N)cc2C#N)c1Cl. The van der Waals surface area contributed by atoms with Crippen molar-refractivity contribution in [1.82, 2.24) is 9.78 Å². The number of nitrogens with two attached hydrogens (primary N) is 1. The fraction of sp³-hybridized carbons (Fsp3) is 0.333. The third-order valence-electron chi connectivity index (χ3n) is 3.18. The number of aromatic nitrogens is 2. The van der Waals surface area contributed by atoms with Crippen LogP contribution in [0, 0.1) is 11.3 Å². The first-order chi connectivity index (χ1) is 10.1. The second-order valence-corrected chi connectivity index (χ2v) is 4.91. The summed E-state index contributed by atoms with van der Waals surface area (Å²) in [5.74, 6) is 0.490. The van der Waals surface area contributed by atoms with Crippen LogP contribution >= 0.6 is 11.6 Å². The summed E-state index contributed by atoms with van der Waals surface area (Å²) in [6, 6.07) is 7.05. The molecule has 0 aliphatic rings. The smallest absolute Gasteiger partial charge is 0.137 e. The van der Waals surface area contributed by atoms with Gasteiger partial charge in [-0.25, -0.2) is 0 Å². The predicted octanol–water partition coefficient (Wildman–Crippen LogP) is 3.15. The van der Waals surface area contributed by atoms with E-state index >= 15 is 0 Å². The number of nitrogens with zero attached hydrogens (tertiary/aromatic N) is 3. The molecule has 21 heavy (non-hydrogen) atoms. The van der Waals surface area contributed by atoms with Crippen molar-refractivity contribution in [3.63, 3.8) is 0 Å². The molecule has 1 aromatic carbocycles. The summed E-state index contributed by atoms with van der Waals surface area (Å²) in [7, 11) is 0. The van der Waals surface area contributed by atoms with Crippen LogP contribution in [0.3, 0.4) is 0 Å². The minimum absolute atomic E-state index is 0.262. The summed E-state index contributed by atoms with van der Waals surface area (Å²) in [5, 5.41) is 14.2. The number of nitrogen functional groups attached to an aromatic ring is 1. The van der Waals surface area contributed by atoms with E-state index in [2.05, 4.69) is 11.2 Å². The van der Waals surface area contributed by atoms with E-state index in [-0.39, 0.29) is 6.61 Å². The quantitative estimate of drug-likeness (QED) is 0.861. The summed E-state index contributed by atoms with van der Waals surface area (Å²) in [4.78, 5) is 0. The Balaban J connectivity index is 2.25. The zero-order valence-electron chi connectivity index (χ0n) is 12.1. The van der Waals surface area contributed by atoms with Crippen molar-refractivity contribution in [3.8, 4) is 11.8 Å². The molecule has 0 saturated heterocycles. The third kappa shape index (κ3) is 3.11. The molecule has 0 atom stereocenters. The molecule has 2 aromatic rings. The minimum atomic E-state index is 0.262. The van der Waals surface area contributed by atoms with Gasteiger partial charge in [0.2, 0.25) is 0 Å². The predicted molar refractivity (Wildman–Crippen MR) is 82.2 cm³/mol. The van der Waals surface area contributed by atoms with Gasteiger partial charge in [-0.05, 0) is 31.5 Å². The number of benzene rings is 1. The Morgan fingerprint density at radius 1 is 1.43 bits per heavy atom. The van der Waals surface area contributed by atoms with Crippen molar-refractivity contribution in [2.75, 3.05) is 5.73 Å². The van der Waals surface area contributed by atoms with Crippen LogP contribution in [-0.4, -0.2) is 9.78 Å². The largest absolute Gasteiger partial charge is 0.486 e. The molecule has 1 aromatic heterocycles. The molecule has 0 radical (unpaired) electrons. The Morgan fingerprint density at radius 3 is 2.81 bits per heavy atom. The van der Waals surface area contributed by atoms with Crippen LogP contribution in [0.4, 0.5) is 5.69 Å². The molecular formula is C15H17ClN4O. The Labute approximate surface area is 128 Å². The zero-order chi connectivity index (χ0) is 15.4. The Hall–Kier alpha value is -2.19. The molecular weight excluding hydrogens is 288 g/mol. The van der Waals surface area contributed by atoms with E-state index in [1.807, 2.05) is 18.5 Å². The number of ether oxygens (including phenoxy) is 1. The van der Waals surface area contributed by atoms with Crippen LogP contribution in [0.5, 0.6) is 5.75 Å². The summed E-state index contributed by atoms with van der Waals surface area (Å²) in [6.45, 7) is 4.98. The first-order valence-corrected chi connectivity index (χ1v) is 7.14. The van der Waals surface area contributed by atoms with Gasteiger partial charge >= 0.3 is 0 Å². The number of hydrogen-bond acceptors (Lipinski definition) is 4. The van der Waals surface area contributed by atoms with Crippen LogP contribution in [0.1, 0.15) is 30.8 Å². The van der Waals surface area contributed by atoms with Gasteiger partial charge in [-0.2, -0.15) is 10.4 Å². The molecule has 0 fully saturated rings. The molecule has 6 heteroatoms. The molecule has 1 heterocycles. The number of aryl methyl sites for hydroxylation is 2. The van der Waals surface area contributed by atoms with Gasteiger partial charge in [0.15, 0.2) is 0 Å². The van der Waals surface area contributed by atoms with Gasteiger partial charge in [0.05, 0.1) is 22.0 Å². The standard InChI is InChI=1S/C15H17ClN4O/c1-3-12-15(16)13(20(4-2)19-12)9-21-14-6-5-11(18)7-10(14)8-17/h5-7H,3-4,9,18H2,1-2H3. The molecule has 5 nitrogen and oxygen atoms in total. The van der Waals surface area contributed by atoms with Gasteiger partial charge in [-0.15, -0.1) is 0 Å². The van der Waals surface area contributed by atoms with Gasteiger partial charge in [-0.1, -0.05) is 18.5 Å². The molecule has 0 spiro atoms. The molecule has 2 N–H and O–H groups in total. The number of hydrogen-bond donors (Lipinski definition) is 1. The van der Waals surface area contributed by atoms with Crippen LogP contribution in [0.15, 0.2) is 18.2 Å². The van der Waals surface area contributed by atoms with E-state index < -0.39 is 0 Å². The van der Waals surface area contributed by atoms with Crippen molar-refractivity contribution >= 4 is 17.3 Å². The molecule has 0 unspecified atom stereocenters. The van der Waals surface area contributed by atoms with Crippen molar-refractivity contribution in [1.29, 1.82) is 5.26 Å². The summed E-state index contributed by atoms with van der Waals surface area (Å²) < 4.78 is 7.55. The number of rotatable bonds is 5. The molecule has 110 valence electrons. The molecule has 2 rings (SSSR count). The van der Waals surface area contributed by atoms with Crippen molar-refractivity contribution < 1.29 is 4.74 Å². The van der Waals surface area contributed by atoms with E-state index in [1.165, 1.54) is 0 Å². The Bertz CT molecular complexity index is 688. The van der Waals surface area contributed by atoms with E-state index in [1.54, 1.807) is 18.2 Å². The van der Waals surface area contributed by atoms with E-state index in [0.717, 1.165) is 17.8 Å². The molecule has 0 bridgehead atoms. The molecule has 0 aliphatic carbocycles. The summed E-state index contributed by atoms with van der Waals surface area (Å²) >= 11 is 6.33. The topological polar surface area (TPSA) is 76.9 Å². The lowest BCUT2D eigenvalue weighted by atomic mass is 10.2. The fourth-order valence-corrected chi connectivity index (χ4v) is 2.39. The first kappa shape index (κ1) is 15.2. The Kier molecular flexibility index (Phi) is 4.71. The van der Waals surface area contributed by atoms with Crippen LogP contribution < -0.4 is 10.5 Å². The van der Waals surface area contributed by atoms with Crippen LogP contribution in [-0.2, 0) is 19.6 Å². The van der Waals surface area contributed by atoms with Crippen LogP contribution in [0.2, 0.25) is 5.02 Å². The monoisotopic (exact) mass is 304 g/mol. The lowest BCUT2D eigenvalue weighted by Crippen LogP contribution is -2.07. The average Bonchev–Trinajstić information content (AvgIpc) is 2.81. The summed E-state index contributed by atoms with van der Waals surface area (Å²) in [5.41, 5.74) is 8.27. The first-order valence-electron chi connectivity index (χ1n) is 6.77. The van der Waals surface area contributed by atoms with Crippen molar-refractivity contribution in [3.05, 3.63) is 40.2 Å². The van der Waals surface area contributed by atoms with Crippen molar-refractivity contribution in [2.24, 2.45) is 0 Å². The zero-order valence-corrected chi connectivity index (χ0v) is 12.8. The van der Waals surface area contributed by atoms with E-state index in [9.17, 15) is 0 Å². The lowest BCUT2D eigenvalue weighted by Gasteiger charge is -2.10. The second kappa shape index (κ2) is 6.51. The van der Waals surface area contributed by atoms with Crippen LogP contribution in [0.25, 0.3) is 0 Å². The van der Waals surface area contributed by atoms with Gasteiger partial charge in [-0.3, -0.25) is 4.68 Å². The van der Waals surface area contributed by atoms with Gasteiger partial charge in [0.1, 0.15) is 18.4 Å². The third-order valence-corrected chi connectivity index (χ3v) is 3.62. The fourth-order valence-electron chi connectivity index (χ4n) is 2.06. The van der Waals surface area contributed by atoms with Gasteiger partial charge in [0.25, 0.3) is 0 Å². The number of anilines is 1. The number of nitriles is 1. The highest BCUT2D eigenvalue weighted by Crippen LogP contribution is 2.25. The summed E-state index contributed by atoms with van der Waals surface area (Å²) in [6.07, 6.45) is 0.768. The molecule has 0 aliphatic heterocycles. The van der Waals surface area contributed by atoms with Gasteiger partial charge in [0, 0.05) is 12.2 Å². The average molecular weight is 305 g/mol. The maximum absolute atomic E-state index is 9.11. The Morgan fingerprint density at radius 2 is 2.19 bits per heavy atom. The maximum Gasteiger partial charge on any atom is 0.137 e. The normalized spacial score (nSPS) is 10.4. The maximum atomic E-state index is 9.11. The lowest BCUT2D eigenvalue weighted by molar-refractivity contribution is 0.292. The highest BCUT2D eigenvalue weighted by Gasteiger charge is 2.15. The molecule has 0 amide bonds. The van der Waals surface area contributed by atoms with Gasteiger partial charge < -0.3 is 10.5 Å². The highest BCUT2D eigenvalue weighted by atomic mass is 35.5. The second-order valence-electron chi connectivity index (χ2n) is 4.53.